The second kappa shape index (κ2) is 4.13. The molecule has 0 bridgehead atoms. The zero-order chi connectivity index (χ0) is 12.8. The molecule has 19 heavy (non-hydrogen) atoms. The summed E-state index contributed by atoms with van der Waals surface area (Å²) in [6.07, 6.45) is 3.66. The Bertz CT molecular complexity index is 896. The number of hydrogen-bond donors (Lipinski definition) is 0. The molecule has 4 aromatic rings. The van der Waals surface area contributed by atoms with Crippen molar-refractivity contribution in [3.05, 3.63) is 58.4 Å². The Morgan fingerprint density at radius 3 is 2.00 bits per heavy atom. The monoisotopic (exact) mass is 356 g/mol. The number of fused-ring (bicyclic) bond motifs is 6. The van der Waals surface area contributed by atoms with Crippen molar-refractivity contribution in [1.82, 2.24) is 9.97 Å². The first-order valence-corrected chi connectivity index (χ1v) is 7.13. The molecule has 0 amide bonds. The molecule has 0 fully saturated rings. The van der Waals surface area contributed by atoms with E-state index in [1.807, 2.05) is 24.5 Å². The Kier molecular flexibility index (Phi) is 2.41. The molecule has 0 unspecified atom stereocenters. The van der Waals surface area contributed by atoms with Crippen molar-refractivity contribution in [1.29, 1.82) is 0 Å². The molecule has 0 radical (unpaired) electrons. The van der Waals surface area contributed by atoms with E-state index in [1.54, 1.807) is 0 Å². The van der Waals surface area contributed by atoms with E-state index in [0.717, 1.165) is 11.0 Å². The SMILES string of the molecule is Ic1ccc2c(c1)c1cccnc1c1ncccc21. The smallest absolute Gasteiger partial charge is 0.0970 e. The van der Waals surface area contributed by atoms with Crippen molar-refractivity contribution in [2.45, 2.75) is 0 Å². The number of nitrogens with zero attached hydrogens (tertiary/aromatic N) is 2. The number of hydrogen-bond acceptors (Lipinski definition) is 2. The molecule has 2 nitrogen and oxygen atoms in total. The van der Waals surface area contributed by atoms with Crippen LogP contribution in [0.2, 0.25) is 0 Å². The molecule has 0 aliphatic rings. The second-order valence-corrected chi connectivity index (χ2v) is 5.73. The topological polar surface area (TPSA) is 25.8 Å². The van der Waals surface area contributed by atoms with E-state index in [2.05, 4.69) is 62.9 Å². The van der Waals surface area contributed by atoms with Crippen LogP contribution < -0.4 is 0 Å². The summed E-state index contributed by atoms with van der Waals surface area (Å²) in [6.45, 7) is 0. The maximum atomic E-state index is 4.52. The molecule has 2 aromatic heterocycles. The average Bonchev–Trinajstić information content (AvgIpc) is 2.47. The van der Waals surface area contributed by atoms with E-state index in [0.29, 0.717) is 0 Å². The fourth-order valence-electron chi connectivity index (χ4n) is 2.60. The highest BCUT2D eigenvalue weighted by molar-refractivity contribution is 14.1. The second-order valence-electron chi connectivity index (χ2n) is 4.49. The van der Waals surface area contributed by atoms with E-state index in [-0.39, 0.29) is 0 Å². The zero-order valence-corrected chi connectivity index (χ0v) is 12.1. The van der Waals surface area contributed by atoms with Gasteiger partial charge < -0.3 is 0 Å². The van der Waals surface area contributed by atoms with Gasteiger partial charge in [-0.05, 0) is 57.6 Å². The number of benzene rings is 2. The van der Waals surface area contributed by atoms with Crippen LogP contribution in [-0.2, 0) is 0 Å². The minimum atomic E-state index is 0.979. The van der Waals surface area contributed by atoms with E-state index >= 15 is 0 Å². The van der Waals surface area contributed by atoms with Gasteiger partial charge in [0.2, 0.25) is 0 Å². The molecule has 90 valence electrons. The lowest BCUT2D eigenvalue weighted by Gasteiger charge is -2.08. The first kappa shape index (κ1) is 11.1. The number of halogens is 1. The predicted molar refractivity (Wildman–Crippen MR) is 87.3 cm³/mol. The molecular formula is C16H9IN2. The summed E-state index contributed by atoms with van der Waals surface area (Å²) >= 11 is 2.35. The van der Waals surface area contributed by atoms with Gasteiger partial charge in [-0.1, -0.05) is 18.2 Å². The van der Waals surface area contributed by atoms with E-state index in [1.165, 1.54) is 25.1 Å². The van der Waals surface area contributed by atoms with Gasteiger partial charge in [-0.3, -0.25) is 9.97 Å². The zero-order valence-electron chi connectivity index (χ0n) is 9.97. The third kappa shape index (κ3) is 1.61. The van der Waals surface area contributed by atoms with Gasteiger partial charge in [0.15, 0.2) is 0 Å². The van der Waals surface area contributed by atoms with Gasteiger partial charge in [-0.25, -0.2) is 0 Å². The van der Waals surface area contributed by atoms with Crippen LogP contribution >= 0.6 is 22.6 Å². The molecule has 0 aliphatic heterocycles. The highest BCUT2D eigenvalue weighted by atomic mass is 127. The fourth-order valence-corrected chi connectivity index (χ4v) is 3.09. The van der Waals surface area contributed by atoms with Crippen LogP contribution in [0.25, 0.3) is 32.6 Å². The van der Waals surface area contributed by atoms with Gasteiger partial charge in [-0.2, -0.15) is 0 Å². The Labute approximate surface area is 123 Å². The summed E-state index contributed by atoms with van der Waals surface area (Å²) in [5.41, 5.74) is 1.96. The quantitative estimate of drug-likeness (QED) is 0.342. The molecule has 2 aromatic carbocycles. The average molecular weight is 356 g/mol. The normalized spacial score (nSPS) is 11.4. The Balaban J connectivity index is 2.43. The van der Waals surface area contributed by atoms with Gasteiger partial charge >= 0.3 is 0 Å². The van der Waals surface area contributed by atoms with Crippen LogP contribution in [0.5, 0.6) is 0 Å². The van der Waals surface area contributed by atoms with Crippen molar-refractivity contribution in [3.63, 3.8) is 0 Å². The lowest BCUT2D eigenvalue weighted by atomic mass is 10.0. The first-order chi connectivity index (χ1) is 9.34. The molecule has 0 atom stereocenters. The molecule has 0 saturated heterocycles. The molecule has 0 N–H and O–H groups in total. The molecule has 2 heterocycles. The Morgan fingerprint density at radius 1 is 0.684 bits per heavy atom. The van der Waals surface area contributed by atoms with Crippen molar-refractivity contribution >= 4 is 55.2 Å². The Morgan fingerprint density at radius 2 is 1.32 bits per heavy atom. The van der Waals surface area contributed by atoms with Gasteiger partial charge in [0, 0.05) is 26.7 Å². The summed E-state index contributed by atoms with van der Waals surface area (Å²) in [4.78, 5) is 9.04. The third-order valence-corrected chi connectivity index (χ3v) is 4.07. The van der Waals surface area contributed by atoms with Gasteiger partial charge in [-0.15, -0.1) is 0 Å². The molecule has 0 saturated carbocycles. The highest BCUT2D eigenvalue weighted by Crippen LogP contribution is 2.33. The van der Waals surface area contributed by atoms with Gasteiger partial charge in [0.05, 0.1) is 11.0 Å². The minimum absolute atomic E-state index is 0.979. The molecule has 3 heteroatoms. The third-order valence-electron chi connectivity index (χ3n) is 3.40. The number of pyridine rings is 2. The fraction of sp³-hybridized carbons (Fsp3) is 0. The predicted octanol–water partition coefficient (Wildman–Crippen LogP) is 4.54. The summed E-state index contributed by atoms with van der Waals surface area (Å²) in [5, 5.41) is 4.82. The summed E-state index contributed by atoms with van der Waals surface area (Å²) in [7, 11) is 0. The largest absolute Gasteiger partial charge is 0.254 e. The summed E-state index contributed by atoms with van der Waals surface area (Å²) in [5.74, 6) is 0. The molecule has 0 spiro atoms. The maximum Gasteiger partial charge on any atom is 0.0970 e. The number of rotatable bonds is 0. The summed E-state index contributed by atoms with van der Waals surface area (Å²) in [6, 6.07) is 14.7. The summed E-state index contributed by atoms with van der Waals surface area (Å²) < 4.78 is 1.23. The minimum Gasteiger partial charge on any atom is -0.254 e. The molecular weight excluding hydrogens is 347 g/mol. The Hall–Kier alpha value is -1.75. The van der Waals surface area contributed by atoms with Crippen molar-refractivity contribution in [2.75, 3.05) is 0 Å². The van der Waals surface area contributed by atoms with E-state index in [4.69, 9.17) is 0 Å². The van der Waals surface area contributed by atoms with Crippen LogP contribution in [0.1, 0.15) is 0 Å². The van der Waals surface area contributed by atoms with Crippen molar-refractivity contribution in [2.24, 2.45) is 0 Å². The van der Waals surface area contributed by atoms with E-state index < -0.39 is 0 Å². The number of aromatic nitrogens is 2. The van der Waals surface area contributed by atoms with E-state index in [9.17, 15) is 0 Å². The van der Waals surface area contributed by atoms with Crippen LogP contribution in [0.15, 0.2) is 54.9 Å². The molecule has 4 rings (SSSR count). The first-order valence-electron chi connectivity index (χ1n) is 6.05. The van der Waals surface area contributed by atoms with Crippen LogP contribution in [0.4, 0.5) is 0 Å². The lowest BCUT2D eigenvalue weighted by Crippen LogP contribution is -1.88. The highest BCUT2D eigenvalue weighted by Gasteiger charge is 2.09. The standard InChI is InChI=1S/C16H9IN2/c17-10-5-6-11-12-3-1-7-18-15(12)16-13(14(11)9-10)4-2-8-19-16/h1-9H. The van der Waals surface area contributed by atoms with Crippen molar-refractivity contribution in [3.8, 4) is 0 Å². The van der Waals surface area contributed by atoms with Crippen molar-refractivity contribution < 1.29 is 0 Å². The lowest BCUT2D eigenvalue weighted by molar-refractivity contribution is 1.38. The van der Waals surface area contributed by atoms with Gasteiger partial charge in [0.1, 0.15) is 0 Å². The molecule has 0 aliphatic carbocycles. The van der Waals surface area contributed by atoms with Crippen LogP contribution in [-0.4, -0.2) is 9.97 Å². The van der Waals surface area contributed by atoms with Crippen LogP contribution in [0.3, 0.4) is 0 Å². The maximum absolute atomic E-state index is 4.52. The van der Waals surface area contributed by atoms with Crippen LogP contribution in [0, 0.1) is 3.57 Å². The van der Waals surface area contributed by atoms with Gasteiger partial charge in [0.25, 0.3) is 0 Å².